The zero-order valence-electron chi connectivity index (χ0n) is 18.4. The molecule has 3 aliphatic heterocycles. The fourth-order valence-electron chi connectivity index (χ4n) is 4.71. The van der Waals surface area contributed by atoms with Crippen molar-refractivity contribution >= 4 is 17.7 Å². The molecule has 0 spiro atoms. The van der Waals surface area contributed by atoms with Gasteiger partial charge in [-0.1, -0.05) is 24.0 Å². The first-order valence-electron chi connectivity index (χ1n) is 11.6. The van der Waals surface area contributed by atoms with Gasteiger partial charge < -0.3 is 15.0 Å². The molecule has 170 valence electrons. The molecule has 32 heavy (non-hydrogen) atoms. The monoisotopic (exact) mass is 437 g/mol. The first-order valence-corrected chi connectivity index (χ1v) is 11.6. The highest BCUT2D eigenvalue weighted by Crippen LogP contribution is 2.25. The van der Waals surface area contributed by atoms with Crippen LogP contribution in [0.3, 0.4) is 0 Å². The number of piperidine rings is 3. The van der Waals surface area contributed by atoms with Gasteiger partial charge in [0.2, 0.25) is 17.7 Å². The minimum absolute atomic E-state index is 0.135. The van der Waals surface area contributed by atoms with E-state index in [-0.39, 0.29) is 29.8 Å². The Hall–Kier alpha value is -2.69. The third-order valence-corrected chi connectivity index (χ3v) is 6.59. The molecule has 1 aromatic carbocycles. The molecule has 3 fully saturated rings. The highest BCUT2D eigenvalue weighted by atomic mass is 16.5. The second-order valence-corrected chi connectivity index (χ2v) is 8.79. The summed E-state index contributed by atoms with van der Waals surface area (Å²) in [4.78, 5) is 38.1. The number of rotatable bonds is 4. The van der Waals surface area contributed by atoms with Crippen LogP contribution >= 0.6 is 0 Å². The normalized spacial score (nSPS) is 22.8. The van der Waals surface area contributed by atoms with E-state index in [2.05, 4.69) is 22.5 Å². The summed E-state index contributed by atoms with van der Waals surface area (Å²) in [5, 5.41) is 5.71. The molecule has 3 heterocycles. The molecule has 4 rings (SSSR count). The van der Waals surface area contributed by atoms with Gasteiger partial charge in [-0.05, 0) is 62.9 Å². The van der Waals surface area contributed by atoms with E-state index in [0.717, 1.165) is 63.0 Å². The van der Waals surface area contributed by atoms with Crippen LogP contribution in [0.5, 0.6) is 0 Å². The Bertz CT molecular complexity index is 905. The average Bonchev–Trinajstić information content (AvgIpc) is 2.82. The molecule has 1 aromatic rings. The molecule has 3 saturated heterocycles. The van der Waals surface area contributed by atoms with Crippen molar-refractivity contribution in [3.63, 3.8) is 0 Å². The van der Waals surface area contributed by atoms with E-state index in [0.29, 0.717) is 25.4 Å². The molecular weight excluding hydrogens is 406 g/mol. The smallest absolute Gasteiger partial charge is 0.234 e. The summed E-state index contributed by atoms with van der Waals surface area (Å²) in [5.74, 6) is 5.92. The number of amides is 3. The van der Waals surface area contributed by atoms with Crippen LogP contribution in [0.4, 0.5) is 0 Å². The number of nitrogens with zero attached hydrogens (tertiary/aromatic N) is 1. The van der Waals surface area contributed by atoms with Crippen LogP contribution in [-0.4, -0.2) is 61.5 Å². The summed E-state index contributed by atoms with van der Waals surface area (Å²) in [7, 11) is 0. The predicted octanol–water partition coefficient (Wildman–Crippen LogP) is 1.57. The van der Waals surface area contributed by atoms with E-state index in [9.17, 15) is 14.4 Å². The van der Waals surface area contributed by atoms with Gasteiger partial charge in [-0.15, -0.1) is 0 Å². The summed E-state index contributed by atoms with van der Waals surface area (Å²) in [6.45, 7) is 3.73. The number of hydrogen-bond donors (Lipinski definition) is 2. The van der Waals surface area contributed by atoms with E-state index in [1.165, 1.54) is 0 Å². The first-order chi connectivity index (χ1) is 15.6. The Balaban J connectivity index is 1.22. The molecule has 2 N–H and O–H groups in total. The second kappa shape index (κ2) is 10.8. The molecule has 3 aliphatic rings. The highest BCUT2D eigenvalue weighted by Gasteiger charge is 2.29. The molecule has 0 radical (unpaired) electrons. The minimum atomic E-state index is -0.302. The van der Waals surface area contributed by atoms with Gasteiger partial charge in [-0.25, -0.2) is 0 Å². The van der Waals surface area contributed by atoms with Crippen molar-refractivity contribution in [2.45, 2.75) is 50.5 Å². The van der Waals surface area contributed by atoms with Crippen LogP contribution in [0, 0.1) is 17.8 Å². The standard InChI is InChI=1S/C25H31N3O4/c29-23-7-6-22(24(30)27-23)20-5-1-3-18(17-20)4-2-16-32-21-10-14-28(15-11-21)25(31)19-8-12-26-13-9-19/h1,3,5,17,19,21-22,26H,6-16H2,(H,27,29,30). The van der Waals surface area contributed by atoms with Gasteiger partial charge in [0.25, 0.3) is 0 Å². The fourth-order valence-corrected chi connectivity index (χ4v) is 4.71. The Morgan fingerprint density at radius 2 is 1.88 bits per heavy atom. The molecule has 0 bridgehead atoms. The quantitative estimate of drug-likeness (QED) is 0.552. The number of carbonyl (C=O) groups excluding carboxylic acids is 3. The van der Waals surface area contributed by atoms with Crippen LogP contribution in [0.15, 0.2) is 24.3 Å². The van der Waals surface area contributed by atoms with Gasteiger partial charge in [-0.2, -0.15) is 0 Å². The molecule has 7 nitrogen and oxygen atoms in total. The summed E-state index contributed by atoms with van der Waals surface area (Å²) in [5.41, 5.74) is 1.71. The molecule has 3 amide bonds. The Morgan fingerprint density at radius 1 is 1.09 bits per heavy atom. The average molecular weight is 438 g/mol. The Kier molecular flexibility index (Phi) is 7.56. The van der Waals surface area contributed by atoms with Crippen LogP contribution in [-0.2, 0) is 19.1 Å². The SMILES string of the molecule is O=C1CCC(c2cccc(C#CCOC3CCN(C(=O)C4CCNCC4)CC3)c2)C(=O)N1. The van der Waals surface area contributed by atoms with E-state index in [1.807, 2.05) is 29.2 Å². The third kappa shape index (κ3) is 5.76. The van der Waals surface area contributed by atoms with Crippen molar-refractivity contribution in [3.8, 4) is 11.8 Å². The second-order valence-electron chi connectivity index (χ2n) is 8.79. The number of ether oxygens (including phenoxy) is 1. The number of carbonyl (C=O) groups is 3. The van der Waals surface area contributed by atoms with Crippen molar-refractivity contribution in [3.05, 3.63) is 35.4 Å². The Morgan fingerprint density at radius 3 is 2.62 bits per heavy atom. The van der Waals surface area contributed by atoms with Crippen molar-refractivity contribution in [2.24, 2.45) is 5.92 Å². The molecule has 0 aromatic heterocycles. The zero-order chi connectivity index (χ0) is 22.3. The number of hydrogen-bond acceptors (Lipinski definition) is 5. The number of nitrogens with one attached hydrogen (secondary N) is 2. The summed E-state index contributed by atoms with van der Waals surface area (Å²) < 4.78 is 5.93. The zero-order valence-corrected chi connectivity index (χ0v) is 18.4. The molecule has 1 unspecified atom stereocenters. The van der Waals surface area contributed by atoms with Crippen LogP contribution < -0.4 is 10.6 Å². The largest absolute Gasteiger partial charge is 0.365 e. The van der Waals surface area contributed by atoms with E-state index in [4.69, 9.17) is 4.74 Å². The fraction of sp³-hybridized carbons (Fsp3) is 0.560. The number of benzene rings is 1. The maximum atomic E-state index is 12.6. The summed E-state index contributed by atoms with van der Waals surface area (Å²) >= 11 is 0. The van der Waals surface area contributed by atoms with Crippen LogP contribution in [0.1, 0.15) is 55.6 Å². The first kappa shape index (κ1) is 22.5. The Labute approximate surface area is 189 Å². The summed E-state index contributed by atoms with van der Waals surface area (Å²) in [6, 6.07) is 7.62. The highest BCUT2D eigenvalue weighted by molar-refractivity contribution is 6.00. The lowest BCUT2D eigenvalue weighted by molar-refractivity contribution is -0.139. The molecule has 0 saturated carbocycles. The third-order valence-electron chi connectivity index (χ3n) is 6.59. The topological polar surface area (TPSA) is 87.7 Å². The maximum Gasteiger partial charge on any atom is 0.234 e. The summed E-state index contributed by atoms with van der Waals surface area (Å²) in [6.07, 6.45) is 4.61. The van der Waals surface area contributed by atoms with Gasteiger partial charge >= 0.3 is 0 Å². The van der Waals surface area contributed by atoms with Crippen LogP contribution in [0.25, 0.3) is 0 Å². The lowest BCUT2D eigenvalue weighted by Gasteiger charge is -2.35. The van der Waals surface area contributed by atoms with Crippen molar-refractivity contribution in [2.75, 3.05) is 32.8 Å². The van der Waals surface area contributed by atoms with Crippen LogP contribution in [0.2, 0.25) is 0 Å². The molecule has 0 aliphatic carbocycles. The molecule has 1 atom stereocenters. The van der Waals surface area contributed by atoms with E-state index >= 15 is 0 Å². The van der Waals surface area contributed by atoms with Gasteiger partial charge in [0, 0.05) is 31.0 Å². The predicted molar refractivity (Wildman–Crippen MR) is 120 cm³/mol. The molecule has 7 heteroatoms. The lowest BCUT2D eigenvalue weighted by Crippen LogP contribution is -2.45. The van der Waals surface area contributed by atoms with Gasteiger partial charge in [0.1, 0.15) is 6.61 Å². The van der Waals surface area contributed by atoms with Gasteiger partial charge in [0.05, 0.1) is 12.0 Å². The van der Waals surface area contributed by atoms with Crippen molar-refractivity contribution < 1.29 is 19.1 Å². The number of imide groups is 1. The van der Waals surface area contributed by atoms with Crippen molar-refractivity contribution in [1.82, 2.24) is 15.5 Å². The van der Waals surface area contributed by atoms with Crippen molar-refractivity contribution in [1.29, 1.82) is 0 Å². The van der Waals surface area contributed by atoms with E-state index in [1.54, 1.807) is 0 Å². The lowest BCUT2D eigenvalue weighted by atomic mass is 9.90. The maximum absolute atomic E-state index is 12.6. The molecular formula is C25H31N3O4. The van der Waals surface area contributed by atoms with Gasteiger partial charge in [-0.3, -0.25) is 19.7 Å². The number of likely N-dealkylation sites (tertiary alicyclic amines) is 1. The van der Waals surface area contributed by atoms with E-state index < -0.39 is 0 Å². The van der Waals surface area contributed by atoms with Gasteiger partial charge in [0.15, 0.2) is 0 Å². The minimum Gasteiger partial charge on any atom is -0.365 e.